The van der Waals surface area contributed by atoms with Crippen molar-refractivity contribution < 1.29 is 0 Å². The molecule has 2 aromatic carbocycles. The van der Waals surface area contributed by atoms with Crippen molar-refractivity contribution >= 4 is 11.0 Å². The molecule has 26 heavy (non-hydrogen) atoms. The summed E-state index contributed by atoms with van der Waals surface area (Å²) < 4.78 is 2.15. The molecule has 0 aliphatic heterocycles. The third-order valence-corrected chi connectivity index (χ3v) is 4.52. The summed E-state index contributed by atoms with van der Waals surface area (Å²) >= 11 is 0. The fourth-order valence-corrected chi connectivity index (χ4v) is 3.28. The van der Waals surface area contributed by atoms with Gasteiger partial charge in [0.05, 0.1) is 35.9 Å². The Bertz CT molecular complexity index is 1040. The fraction of sp³-hybridized carbons (Fsp3) is 0.143. The highest BCUT2D eigenvalue weighted by Gasteiger charge is 2.14. The van der Waals surface area contributed by atoms with E-state index in [9.17, 15) is 0 Å². The number of nitrogens with one attached hydrogen (secondary N) is 1. The molecule has 0 fully saturated rings. The number of H-pyrrole nitrogens is 1. The monoisotopic (exact) mass is 343 g/mol. The minimum Gasteiger partial charge on any atom is -0.402 e. The van der Waals surface area contributed by atoms with Crippen LogP contribution in [-0.2, 0) is 19.4 Å². The number of benzene rings is 2. The predicted molar refractivity (Wildman–Crippen MR) is 104 cm³/mol. The standard InChI is InChI=1S/C21H21N5/c1-15(22)10-20-19(11-16-6-3-2-4-7-16)25-14-26(20)12-17-8-5-9-18-21(17)24-13-23-18/h2-9,13-14H,1,10-12,22H2,(H,23,24). The van der Waals surface area contributed by atoms with E-state index in [0.717, 1.165) is 34.4 Å². The summed E-state index contributed by atoms with van der Waals surface area (Å²) in [7, 11) is 0. The van der Waals surface area contributed by atoms with Crippen LogP contribution in [0.3, 0.4) is 0 Å². The maximum atomic E-state index is 5.93. The number of fused-ring (bicyclic) bond motifs is 1. The number of nitrogens with zero attached hydrogens (tertiary/aromatic N) is 3. The maximum Gasteiger partial charge on any atom is 0.0955 e. The molecular weight excluding hydrogens is 322 g/mol. The first-order chi connectivity index (χ1) is 12.7. The van der Waals surface area contributed by atoms with E-state index in [1.54, 1.807) is 6.33 Å². The van der Waals surface area contributed by atoms with Gasteiger partial charge in [-0.3, -0.25) is 0 Å². The molecule has 4 rings (SSSR count). The van der Waals surface area contributed by atoms with Crippen molar-refractivity contribution in [3.05, 3.63) is 96.0 Å². The van der Waals surface area contributed by atoms with Gasteiger partial charge in [-0.1, -0.05) is 49.0 Å². The molecule has 2 aromatic heterocycles. The largest absolute Gasteiger partial charge is 0.402 e. The minimum atomic E-state index is 0.610. The zero-order valence-corrected chi connectivity index (χ0v) is 14.5. The molecule has 5 nitrogen and oxygen atoms in total. The second-order valence-electron chi connectivity index (χ2n) is 6.48. The van der Waals surface area contributed by atoms with Crippen molar-refractivity contribution in [1.82, 2.24) is 19.5 Å². The van der Waals surface area contributed by atoms with E-state index < -0.39 is 0 Å². The third-order valence-electron chi connectivity index (χ3n) is 4.52. The van der Waals surface area contributed by atoms with Crippen molar-refractivity contribution in [2.24, 2.45) is 5.73 Å². The highest BCUT2D eigenvalue weighted by molar-refractivity contribution is 5.78. The van der Waals surface area contributed by atoms with Crippen molar-refractivity contribution in [2.75, 3.05) is 0 Å². The first kappa shape index (κ1) is 16.1. The Labute approximate surface area is 152 Å². The number of hydrogen-bond donors (Lipinski definition) is 2. The predicted octanol–water partition coefficient (Wildman–Crippen LogP) is 3.41. The van der Waals surface area contributed by atoms with Gasteiger partial charge in [-0.2, -0.15) is 0 Å². The van der Waals surface area contributed by atoms with E-state index in [1.807, 2.05) is 36.7 Å². The lowest BCUT2D eigenvalue weighted by Crippen LogP contribution is -2.10. The molecule has 0 amide bonds. The lowest BCUT2D eigenvalue weighted by molar-refractivity contribution is 0.749. The van der Waals surface area contributed by atoms with Crippen LogP contribution in [0.1, 0.15) is 22.5 Å². The lowest BCUT2D eigenvalue weighted by atomic mass is 10.1. The SMILES string of the molecule is C=C(N)Cc1c(Cc2ccccc2)ncn1Cc1cccc2[nH]cnc12. The Morgan fingerprint density at radius 1 is 1.08 bits per heavy atom. The Balaban J connectivity index is 1.69. The Kier molecular flexibility index (Phi) is 4.27. The number of para-hydroxylation sites is 1. The van der Waals surface area contributed by atoms with Gasteiger partial charge in [0.1, 0.15) is 0 Å². The number of aromatic nitrogens is 4. The molecule has 0 aliphatic carbocycles. The summed E-state index contributed by atoms with van der Waals surface area (Å²) in [6.45, 7) is 4.59. The summed E-state index contributed by atoms with van der Waals surface area (Å²) in [5, 5.41) is 0. The molecule has 0 radical (unpaired) electrons. The molecule has 0 saturated carbocycles. The van der Waals surface area contributed by atoms with Crippen LogP contribution in [-0.4, -0.2) is 19.5 Å². The quantitative estimate of drug-likeness (QED) is 0.563. The molecule has 130 valence electrons. The molecule has 2 heterocycles. The average molecular weight is 343 g/mol. The molecule has 0 unspecified atom stereocenters. The van der Waals surface area contributed by atoms with Gasteiger partial charge in [-0.05, 0) is 17.2 Å². The average Bonchev–Trinajstić information content (AvgIpc) is 3.25. The maximum absolute atomic E-state index is 5.93. The molecule has 0 saturated heterocycles. The second-order valence-corrected chi connectivity index (χ2v) is 6.48. The van der Waals surface area contributed by atoms with Gasteiger partial charge in [0.25, 0.3) is 0 Å². The van der Waals surface area contributed by atoms with Crippen LogP contribution in [0.2, 0.25) is 0 Å². The lowest BCUT2D eigenvalue weighted by Gasteiger charge is -2.11. The van der Waals surface area contributed by atoms with Gasteiger partial charge >= 0.3 is 0 Å². The molecule has 4 aromatic rings. The number of hydrogen-bond acceptors (Lipinski definition) is 3. The van der Waals surface area contributed by atoms with Gasteiger partial charge in [-0.25, -0.2) is 9.97 Å². The van der Waals surface area contributed by atoms with Gasteiger partial charge < -0.3 is 15.3 Å². The number of rotatable bonds is 6. The van der Waals surface area contributed by atoms with Crippen LogP contribution in [0.5, 0.6) is 0 Å². The smallest absolute Gasteiger partial charge is 0.0955 e. The number of aromatic amines is 1. The molecule has 0 atom stereocenters. The Hall–Kier alpha value is -3.34. The summed E-state index contributed by atoms with van der Waals surface area (Å²) in [5.74, 6) is 0. The highest BCUT2D eigenvalue weighted by atomic mass is 15.1. The van der Waals surface area contributed by atoms with Crippen molar-refractivity contribution in [3.63, 3.8) is 0 Å². The van der Waals surface area contributed by atoms with Crippen LogP contribution in [0.15, 0.2) is 73.5 Å². The zero-order chi connectivity index (χ0) is 17.9. The number of allylic oxidation sites excluding steroid dienone is 1. The van der Waals surface area contributed by atoms with Crippen molar-refractivity contribution in [2.45, 2.75) is 19.4 Å². The van der Waals surface area contributed by atoms with E-state index in [2.05, 4.69) is 44.3 Å². The normalized spacial score (nSPS) is 11.1. The molecule has 3 N–H and O–H groups in total. The Morgan fingerprint density at radius 3 is 2.73 bits per heavy atom. The minimum absolute atomic E-state index is 0.610. The number of nitrogens with two attached hydrogens (primary N) is 1. The van der Waals surface area contributed by atoms with E-state index in [0.29, 0.717) is 18.7 Å². The molecule has 0 bridgehead atoms. The first-order valence-corrected chi connectivity index (χ1v) is 8.62. The number of imidazole rings is 2. The summed E-state index contributed by atoms with van der Waals surface area (Å²) in [4.78, 5) is 12.3. The van der Waals surface area contributed by atoms with Crippen LogP contribution in [0, 0.1) is 0 Å². The zero-order valence-electron chi connectivity index (χ0n) is 14.5. The van der Waals surface area contributed by atoms with Crippen molar-refractivity contribution in [1.29, 1.82) is 0 Å². The van der Waals surface area contributed by atoms with Crippen LogP contribution in [0.25, 0.3) is 11.0 Å². The fourth-order valence-electron chi connectivity index (χ4n) is 3.28. The molecule has 5 heteroatoms. The molecule has 0 aliphatic rings. The van der Waals surface area contributed by atoms with Crippen LogP contribution in [0.4, 0.5) is 0 Å². The molecular formula is C21H21N5. The summed E-state index contributed by atoms with van der Waals surface area (Å²) in [6.07, 6.45) is 5.01. The van der Waals surface area contributed by atoms with Gasteiger partial charge in [-0.15, -0.1) is 0 Å². The van der Waals surface area contributed by atoms with E-state index in [4.69, 9.17) is 5.73 Å². The van der Waals surface area contributed by atoms with E-state index >= 15 is 0 Å². The van der Waals surface area contributed by atoms with Gasteiger partial charge in [0.2, 0.25) is 0 Å². The van der Waals surface area contributed by atoms with Crippen LogP contribution >= 0.6 is 0 Å². The van der Waals surface area contributed by atoms with E-state index in [-0.39, 0.29) is 0 Å². The van der Waals surface area contributed by atoms with Gasteiger partial charge in [0, 0.05) is 24.2 Å². The van der Waals surface area contributed by atoms with Crippen molar-refractivity contribution in [3.8, 4) is 0 Å². The van der Waals surface area contributed by atoms with E-state index in [1.165, 1.54) is 5.56 Å². The van der Waals surface area contributed by atoms with Crippen LogP contribution < -0.4 is 5.73 Å². The summed E-state index contributed by atoms with van der Waals surface area (Å²) in [6, 6.07) is 16.5. The first-order valence-electron chi connectivity index (χ1n) is 8.62. The van der Waals surface area contributed by atoms with Gasteiger partial charge in [0.15, 0.2) is 0 Å². The second kappa shape index (κ2) is 6.88. The Morgan fingerprint density at radius 2 is 1.92 bits per heavy atom. The third kappa shape index (κ3) is 3.24. The summed E-state index contributed by atoms with van der Waals surface area (Å²) in [5.41, 5.74) is 13.1. The highest BCUT2D eigenvalue weighted by Crippen LogP contribution is 2.20. The topological polar surface area (TPSA) is 72.5 Å². The molecule has 0 spiro atoms.